The molecule has 2 aliphatic carbocycles. The molecule has 1 heterocycles. The largest absolute Gasteiger partial charge is 0.480 e. The lowest BCUT2D eigenvalue weighted by atomic mass is 9.88. The number of rotatable bonds is 5. The molecule has 1 aromatic heterocycles. The Bertz CT molecular complexity index is 777. The number of nitrogens with zero attached hydrogens (tertiary/aromatic N) is 1. The number of fused-ring (bicyclic) bond motifs is 1. The van der Waals surface area contributed by atoms with Crippen molar-refractivity contribution < 1.29 is 14.7 Å². The number of aliphatic carboxylic acids is 1. The molecule has 2 aliphatic rings. The van der Waals surface area contributed by atoms with Gasteiger partial charge < -0.3 is 15.0 Å². The zero-order chi connectivity index (χ0) is 20.1. The van der Waals surface area contributed by atoms with Crippen LogP contribution < -0.4 is 10.9 Å². The lowest BCUT2D eigenvalue weighted by Gasteiger charge is -2.26. The van der Waals surface area contributed by atoms with Crippen LogP contribution >= 0.6 is 0 Å². The van der Waals surface area contributed by atoms with Crippen LogP contribution in [0.1, 0.15) is 86.3 Å². The Morgan fingerprint density at radius 2 is 1.75 bits per heavy atom. The lowest BCUT2D eigenvalue weighted by molar-refractivity contribution is -0.138. The highest BCUT2D eigenvalue weighted by Crippen LogP contribution is 2.27. The average molecular weight is 389 g/mol. The van der Waals surface area contributed by atoms with E-state index in [1.807, 2.05) is 4.57 Å². The number of aryl methyl sites for hydroxylation is 1. The molecular formula is C22H32N2O4. The predicted molar refractivity (Wildman–Crippen MR) is 108 cm³/mol. The normalized spacial score (nSPS) is 19.2. The number of pyridine rings is 1. The quantitative estimate of drug-likeness (QED) is 0.810. The first-order chi connectivity index (χ1) is 13.5. The lowest BCUT2D eigenvalue weighted by Crippen LogP contribution is -2.42. The Labute approximate surface area is 166 Å². The van der Waals surface area contributed by atoms with Crippen molar-refractivity contribution >= 4 is 11.9 Å². The summed E-state index contributed by atoms with van der Waals surface area (Å²) in [5, 5.41) is 11.5. The number of carboxylic acids is 1. The maximum absolute atomic E-state index is 13.3. The van der Waals surface area contributed by atoms with E-state index in [2.05, 4.69) is 5.32 Å². The van der Waals surface area contributed by atoms with Crippen LogP contribution in [0.2, 0.25) is 0 Å². The van der Waals surface area contributed by atoms with Gasteiger partial charge in [0.15, 0.2) is 0 Å². The van der Waals surface area contributed by atoms with Crippen molar-refractivity contribution in [3.63, 3.8) is 0 Å². The number of hydrogen-bond acceptors (Lipinski definition) is 3. The number of carbonyl (C=O) groups is 2. The standard InChI is InChI=1S/C22H32N2O4/c1-15(22(27)28)23-20(25)18-13-17-11-7-2-3-8-12-19(17)24(21(18)26)14-16-9-5-4-6-10-16/h13,15-16H,2-12,14H2,1H3,(H,23,25)(H,27,28). The van der Waals surface area contributed by atoms with E-state index in [0.29, 0.717) is 12.5 Å². The highest BCUT2D eigenvalue weighted by atomic mass is 16.4. The van der Waals surface area contributed by atoms with Crippen molar-refractivity contribution in [2.75, 3.05) is 0 Å². The zero-order valence-corrected chi connectivity index (χ0v) is 16.8. The molecule has 0 saturated heterocycles. The van der Waals surface area contributed by atoms with Gasteiger partial charge in [0.2, 0.25) is 0 Å². The molecule has 1 fully saturated rings. The summed E-state index contributed by atoms with van der Waals surface area (Å²) in [4.78, 5) is 37.0. The minimum absolute atomic E-state index is 0.0863. The van der Waals surface area contributed by atoms with Crippen LogP contribution in [-0.2, 0) is 24.2 Å². The van der Waals surface area contributed by atoms with Gasteiger partial charge in [-0.3, -0.25) is 14.4 Å². The summed E-state index contributed by atoms with van der Waals surface area (Å²) < 4.78 is 1.86. The van der Waals surface area contributed by atoms with E-state index in [9.17, 15) is 14.4 Å². The van der Waals surface area contributed by atoms with Crippen molar-refractivity contribution in [1.82, 2.24) is 9.88 Å². The highest BCUT2D eigenvalue weighted by molar-refractivity contribution is 5.96. The number of hydrogen-bond donors (Lipinski definition) is 2. The van der Waals surface area contributed by atoms with Gasteiger partial charge in [-0.1, -0.05) is 32.1 Å². The number of amides is 1. The molecule has 0 aliphatic heterocycles. The fourth-order valence-electron chi connectivity index (χ4n) is 4.55. The molecule has 154 valence electrons. The molecule has 28 heavy (non-hydrogen) atoms. The van der Waals surface area contributed by atoms with E-state index in [4.69, 9.17) is 5.11 Å². The van der Waals surface area contributed by atoms with Crippen LogP contribution in [0.25, 0.3) is 0 Å². The first kappa shape index (κ1) is 20.6. The fraction of sp³-hybridized carbons (Fsp3) is 0.682. The van der Waals surface area contributed by atoms with Gasteiger partial charge in [0, 0.05) is 12.2 Å². The predicted octanol–water partition coefficient (Wildman–Crippen LogP) is 3.29. The van der Waals surface area contributed by atoms with Crippen LogP contribution in [0, 0.1) is 5.92 Å². The third kappa shape index (κ3) is 4.83. The van der Waals surface area contributed by atoms with Crippen LogP contribution in [0.5, 0.6) is 0 Å². The minimum atomic E-state index is -1.11. The molecule has 1 saturated carbocycles. The second-order valence-corrected chi connectivity index (χ2v) is 8.40. The van der Waals surface area contributed by atoms with E-state index in [1.54, 1.807) is 6.07 Å². The van der Waals surface area contributed by atoms with Gasteiger partial charge in [0.05, 0.1) is 0 Å². The average Bonchev–Trinajstić information content (AvgIpc) is 2.65. The molecule has 1 amide bonds. The van der Waals surface area contributed by atoms with Gasteiger partial charge in [-0.2, -0.15) is 0 Å². The van der Waals surface area contributed by atoms with Crippen molar-refractivity contribution in [3.8, 4) is 0 Å². The van der Waals surface area contributed by atoms with Gasteiger partial charge in [0.1, 0.15) is 11.6 Å². The molecule has 1 atom stereocenters. The minimum Gasteiger partial charge on any atom is -0.480 e. The fourth-order valence-corrected chi connectivity index (χ4v) is 4.55. The summed E-state index contributed by atoms with van der Waals surface area (Å²) in [6, 6.07) is 0.699. The Balaban J connectivity index is 1.98. The van der Waals surface area contributed by atoms with E-state index in [-0.39, 0.29) is 11.1 Å². The van der Waals surface area contributed by atoms with E-state index < -0.39 is 17.9 Å². The van der Waals surface area contributed by atoms with Gasteiger partial charge >= 0.3 is 5.97 Å². The molecule has 1 aromatic rings. The highest BCUT2D eigenvalue weighted by Gasteiger charge is 2.24. The summed E-state index contributed by atoms with van der Waals surface area (Å²) in [5.74, 6) is -1.21. The van der Waals surface area contributed by atoms with Crippen molar-refractivity contribution in [2.45, 2.75) is 90.1 Å². The maximum atomic E-state index is 13.3. The smallest absolute Gasteiger partial charge is 0.325 e. The Morgan fingerprint density at radius 1 is 1.11 bits per heavy atom. The van der Waals surface area contributed by atoms with Gasteiger partial charge in [-0.25, -0.2) is 0 Å². The second kappa shape index (κ2) is 9.39. The zero-order valence-electron chi connectivity index (χ0n) is 16.8. The maximum Gasteiger partial charge on any atom is 0.325 e. The van der Waals surface area contributed by atoms with Gasteiger partial charge in [-0.05, 0) is 63.0 Å². The number of aromatic nitrogens is 1. The first-order valence-electron chi connectivity index (χ1n) is 10.8. The molecule has 0 radical (unpaired) electrons. The molecule has 1 unspecified atom stereocenters. The summed E-state index contributed by atoms with van der Waals surface area (Å²) in [7, 11) is 0. The first-order valence-corrected chi connectivity index (χ1v) is 10.8. The van der Waals surface area contributed by atoms with E-state index >= 15 is 0 Å². The Hall–Kier alpha value is -2.11. The third-order valence-corrected chi connectivity index (χ3v) is 6.23. The molecule has 2 N–H and O–H groups in total. The van der Waals surface area contributed by atoms with Crippen molar-refractivity contribution in [2.24, 2.45) is 5.92 Å². The third-order valence-electron chi connectivity index (χ3n) is 6.23. The Morgan fingerprint density at radius 3 is 2.43 bits per heavy atom. The summed E-state index contributed by atoms with van der Waals surface area (Å²) >= 11 is 0. The molecule has 6 heteroatoms. The number of carboxylic acid groups (broad SMARTS) is 1. The molecule has 0 spiro atoms. The number of nitrogens with one attached hydrogen (secondary N) is 1. The van der Waals surface area contributed by atoms with Gasteiger partial charge in [0.25, 0.3) is 11.5 Å². The summed E-state index contributed by atoms with van der Waals surface area (Å²) in [6.45, 7) is 2.09. The van der Waals surface area contributed by atoms with E-state index in [0.717, 1.165) is 49.8 Å². The van der Waals surface area contributed by atoms with Crippen LogP contribution in [0.3, 0.4) is 0 Å². The topological polar surface area (TPSA) is 88.4 Å². The number of carbonyl (C=O) groups excluding carboxylic acids is 1. The van der Waals surface area contributed by atoms with Gasteiger partial charge in [-0.15, -0.1) is 0 Å². The van der Waals surface area contributed by atoms with E-state index in [1.165, 1.54) is 39.0 Å². The van der Waals surface area contributed by atoms with Crippen molar-refractivity contribution in [3.05, 3.63) is 33.2 Å². The molecule has 0 bridgehead atoms. The summed E-state index contributed by atoms with van der Waals surface area (Å²) in [6.07, 6.45) is 12.2. The molecular weight excluding hydrogens is 356 g/mol. The summed E-state index contributed by atoms with van der Waals surface area (Å²) in [5.41, 5.74) is 2.00. The molecule has 3 rings (SSSR count). The molecule has 0 aromatic carbocycles. The molecule has 6 nitrogen and oxygen atoms in total. The monoisotopic (exact) mass is 388 g/mol. The van der Waals surface area contributed by atoms with Crippen molar-refractivity contribution in [1.29, 1.82) is 0 Å². The SMILES string of the molecule is CC(NC(=O)c1cc2c(n(CC3CCCCC3)c1=O)CCCCCC2)C(=O)O. The van der Waals surface area contributed by atoms with Crippen LogP contribution in [-0.4, -0.2) is 27.6 Å². The van der Waals surface area contributed by atoms with Crippen LogP contribution in [0.4, 0.5) is 0 Å². The van der Waals surface area contributed by atoms with Crippen LogP contribution in [0.15, 0.2) is 10.9 Å². The second-order valence-electron chi connectivity index (χ2n) is 8.40. The Kier molecular flexibility index (Phi) is 6.92.